The molecule has 1 saturated heterocycles. The molecule has 2 N–H and O–H groups in total. The summed E-state index contributed by atoms with van der Waals surface area (Å²) in [6.45, 7) is 8.42. The summed E-state index contributed by atoms with van der Waals surface area (Å²) >= 11 is 1.88. The molecule has 0 saturated carbocycles. The molecule has 1 aliphatic rings. The highest BCUT2D eigenvalue weighted by Gasteiger charge is 2.28. The topological polar surface area (TPSA) is 43.7 Å². The zero-order valence-corrected chi connectivity index (χ0v) is 14.3. The van der Waals surface area contributed by atoms with Crippen molar-refractivity contribution in [1.82, 2.24) is 4.90 Å². The van der Waals surface area contributed by atoms with Crippen LogP contribution in [0.4, 0.5) is 0 Å². The van der Waals surface area contributed by atoms with Gasteiger partial charge in [-0.3, -0.25) is 4.90 Å². The highest BCUT2D eigenvalue weighted by molar-refractivity contribution is 7.12. The van der Waals surface area contributed by atoms with Crippen LogP contribution in [0.3, 0.4) is 0 Å². The van der Waals surface area contributed by atoms with Gasteiger partial charge in [0.1, 0.15) is 0 Å². The van der Waals surface area contributed by atoms with Gasteiger partial charge in [-0.05, 0) is 57.2 Å². The van der Waals surface area contributed by atoms with Crippen molar-refractivity contribution >= 4 is 11.3 Å². The van der Waals surface area contributed by atoms with E-state index in [4.69, 9.17) is 0 Å². The van der Waals surface area contributed by atoms with Crippen LogP contribution in [0.2, 0.25) is 0 Å². The van der Waals surface area contributed by atoms with Crippen LogP contribution in [-0.4, -0.2) is 47.0 Å². The lowest BCUT2D eigenvalue weighted by Crippen LogP contribution is -2.43. The van der Waals surface area contributed by atoms with Crippen molar-refractivity contribution in [2.45, 2.75) is 64.5 Å². The third-order valence-electron chi connectivity index (χ3n) is 4.53. The van der Waals surface area contributed by atoms with E-state index in [-0.39, 0.29) is 12.7 Å². The lowest BCUT2D eigenvalue weighted by molar-refractivity contribution is 0.0768. The number of hydrogen-bond donors (Lipinski definition) is 2. The molecule has 1 fully saturated rings. The van der Waals surface area contributed by atoms with E-state index < -0.39 is 0 Å². The van der Waals surface area contributed by atoms with Crippen LogP contribution in [-0.2, 0) is 12.8 Å². The normalized spacial score (nSPS) is 25.2. The fourth-order valence-corrected chi connectivity index (χ4v) is 4.61. The van der Waals surface area contributed by atoms with Crippen molar-refractivity contribution in [1.29, 1.82) is 0 Å². The van der Waals surface area contributed by atoms with Gasteiger partial charge in [-0.25, -0.2) is 0 Å². The Morgan fingerprint density at radius 3 is 2.81 bits per heavy atom. The summed E-state index contributed by atoms with van der Waals surface area (Å²) in [6.07, 6.45) is 3.95. The number of likely N-dealkylation sites (tertiary alicyclic amines) is 1. The standard InChI is InChI=1S/C17H29NO2S/c1-4-15-10-16(17(21-15)6-8-19)14-5-7-18(11-13(3)20)12(2)9-14/h10,12-14,19-20H,4-9,11H2,1-3H3. The summed E-state index contributed by atoms with van der Waals surface area (Å²) in [5.74, 6) is 0.614. The van der Waals surface area contributed by atoms with Crippen LogP contribution in [0, 0.1) is 0 Å². The number of piperidine rings is 1. The van der Waals surface area contributed by atoms with Gasteiger partial charge < -0.3 is 10.2 Å². The van der Waals surface area contributed by atoms with Crippen molar-refractivity contribution in [2.75, 3.05) is 19.7 Å². The van der Waals surface area contributed by atoms with Gasteiger partial charge in [0.2, 0.25) is 0 Å². The van der Waals surface area contributed by atoms with E-state index in [2.05, 4.69) is 24.8 Å². The smallest absolute Gasteiger partial charge is 0.0639 e. The van der Waals surface area contributed by atoms with E-state index in [1.54, 1.807) is 0 Å². The molecule has 0 spiro atoms. The van der Waals surface area contributed by atoms with E-state index in [1.807, 2.05) is 18.3 Å². The molecule has 3 atom stereocenters. The summed E-state index contributed by atoms with van der Waals surface area (Å²) < 4.78 is 0. The molecular weight excluding hydrogens is 282 g/mol. The Morgan fingerprint density at radius 2 is 2.24 bits per heavy atom. The molecule has 0 amide bonds. The maximum Gasteiger partial charge on any atom is 0.0639 e. The minimum absolute atomic E-state index is 0.243. The van der Waals surface area contributed by atoms with Crippen molar-refractivity contribution in [3.63, 3.8) is 0 Å². The molecule has 0 aliphatic carbocycles. The minimum atomic E-state index is -0.248. The molecule has 0 bridgehead atoms. The lowest BCUT2D eigenvalue weighted by Gasteiger charge is -2.38. The Hall–Kier alpha value is -0.420. The Morgan fingerprint density at radius 1 is 1.48 bits per heavy atom. The first-order valence-electron chi connectivity index (χ1n) is 8.19. The average molecular weight is 311 g/mol. The first-order valence-corrected chi connectivity index (χ1v) is 9.01. The molecule has 120 valence electrons. The number of aliphatic hydroxyl groups excluding tert-OH is 2. The second-order valence-electron chi connectivity index (χ2n) is 6.33. The summed E-state index contributed by atoms with van der Waals surface area (Å²) in [5.41, 5.74) is 1.48. The second-order valence-corrected chi connectivity index (χ2v) is 7.55. The van der Waals surface area contributed by atoms with Gasteiger partial charge in [-0.1, -0.05) is 6.92 Å². The predicted octanol–water partition coefficient (Wildman–Crippen LogP) is 2.79. The zero-order chi connectivity index (χ0) is 15.4. The average Bonchev–Trinajstić information content (AvgIpc) is 2.84. The maximum absolute atomic E-state index is 9.59. The molecule has 3 unspecified atom stereocenters. The first kappa shape index (κ1) is 16.9. The molecule has 0 aromatic carbocycles. The van der Waals surface area contributed by atoms with Crippen molar-refractivity contribution in [3.05, 3.63) is 21.4 Å². The van der Waals surface area contributed by atoms with E-state index >= 15 is 0 Å². The fraction of sp³-hybridized carbons (Fsp3) is 0.765. The summed E-state index contributed by atoms with van der Waals surface area (Å²) in [7, 11) is 0. The van der Waals surface area contributed by atoms with Gasteiger partial charge in [0, 0.05) is 35.4 Å². The van der Waals surface area contributed by atoms with Crippen LogP contribution in [0.25, 0.3) is 0 Å². The summed E-state index contributed by atoms with van der Waals surface area (Å²) in [5, 5.41) is 18.9. The fourth-order valence-electron chi connectivity index (χ4n) is 3.43. The second kappa shape index (κ2) is 7.73. The van der Waals surface area contributed by atoms with Crippen molar-refractivity contribution < 1.29 is 10.2 Å². The van der Waals surface area contributed by atoms with Gasteiger partial charge in [0.05, 0.1) is 6.10 Å². The number of nitrogens with zero attached hydrogens (tertiary/aromatic N) is 1. The molecule has 4 heteroatoms. The minimum Gasteiger partial charge on any atom is -0.396 e. The SMILES string of the molecule is CCc1cc(C2CCN(CC(C)O)C(C)C2)c(CCO)s1. The van der Waals surface area contributed by atoms with Gasteiger partial charge in [-0.2, -0.15) is 0 Å². The third-order valence-corrected chi connectivity index (χ3v) is 5.89. The number of β-amino-alcohol motifs (C(OH)–C–C–N with tert-alkyl or cyclic N) is 1. The first-order chi connectivity index (χ1) is 10.0. The Labute approximate surface area is 132 Å². The maximum atomic E-state index is 9.59. The highest BCUT2D eigenvalue weighted by atomic mass is 32.1. The van der Waals surface area contributed by atoms with E-state index in [0.29, 0.717) is 12.0 Å². The molecule has 0 radical (unpaired) electrons. The third kappa shape index (κ3) is 4.28. The number of rotatable bonds is 6. The van der Waals surface area contributed by atoms with E-state index in [1.165, 1.54) is 15.3 Å². The Bertz CT molecular complexity index is 444. The largest absolute Gasteiger partial charge is 0.396 e. The molecule has 1 aromatic heterocycles. The molecule has 1 aliphatic heterocycles. The summed E-state index contributed by atoms with van der Waals surface area (Å²) in [4.78, 5) is 5.23. The van der Waals surface area contributed by atoms with Gasteiger partial charge >= 0.3 is 0 Å². The highest BCUT2D eigenvalue weighted by Crippen LogP contribution is 2.37. The van der Waals surface area contributed by atoms with Crippen LogP contribution in [0.5, 0.6) is 0 Å². The monoisotopic (exact) mass is 311 g/mol. The van der Waals surface area contributed by atoms with Crippen LogP contribution in [0.1, 0.15) is 54.8 Å². The van der Waals surface area contributed by atoms with Gasteiger partial charge in [0.25, 0.3) is 0 Å². The number of thiophene rings is 1. The number of aliphatic hydroxyl groups is 2. The molecule has 1 aromatic rings. The summed E-state index contributed by atoms with van der Waals surface area (Å²) in [6, 6.07) is 2.89. The lowest BCUT2D eigenvalue weighted by atomic mass is 9.85. The quantitative estimate of drug-likeness (QED) is 0.849. The Balaban J connectivity index is 2.08. The van der Waals surface area contributed by atoms with Crippen LogP contribution in [0.15, 0.2) is 6.07 Å². The van der Waals surface area contributed by atoms with E-state index in [9.17, 15) is 10.2 Å². The molecule has 2 rings (SSSR count). The van der Waals surface area contributed by atoms with Gasteiger partial charge in [0.15, 0.2) is 0 Å². The van der Waals surface area contributed by atoms with Crippen molar-refractivity contribution in [3.8, 4) is 0 Å². The molecule has 2 heterocycles. The molecule has 3 nitrogen and oxygen atoms in total. The Kier molecular flexibility index (Phi) is 6.23. The molecular formula is C17H29NO2S. The molecule has 21 heavy (non-hydrogen) atoms. The zero-order valence-electron chi connectivity index (χ0n) is 13.5. The number of aryl methyl sites for hydroxylation is 1. The predicted molar refractivity (Wildman–Crippen MR) is 89.2 cm³/mol. The van der Waals surface area contributed by atoms with E-state index in [0.717, 1.165) is 38.8 Å². The van der Waals surface area contributed by atoms with Gasteiger partial charge in [-0.15, -0.1) is 11.3 Å². The van der Waals surface area contributed by atoms with Crippen molar-refractivity contribution in [2.24, 2.45) is 0 Å². The number of hydrogen-bond acceptors (Lipinski definition) is 4. The van der Waals surface area contributed by atoms with Crippen LogP contribution >= 0.6 is 11.3 Å². The van der Waals surface area contributed by atoms with Crippen LogP contribution < -0.4 is 0 Å².